The van der Waals surface area contributed by atoms with E-state index in [1.54, 1.807) is 7.11 Å². The van der Waals surface area contributed by atoms with Gasteiger partial charge in [-0.05, 0) is 38.1 Å². The number of aliphatic imine (C=N–C) groups is 2. The summed E-state index contributed by atoms with van der Waals surface area (Å²) in [6.07, 6.45) is 0. The van der Waals surface area contributed by atoms with Gasteiger partial charge in [-0.1, -0.05) is 0 Å². The third-order valence-corrected chi connectivity index (χ3v) is 2.72. The van der Waals surface area contributed by atoms with E-state index in [0.717, 1.165) is 11.4 Å². The van der Waals surface area contributed by atoms with Crippen molar-refractivity contribution in [3.05, 3.63) is 24.3 Å². The molecule has 0 spiro atoms. The Morgan fingerprint density at radius 2 is 1.70 bits per heavy atom. The van der Waals surface area contributed by atoms with Gasteiger partial charge in [0.1, 0.15) is 11.4 Å². The Morgan fingerprint density at radius 3 is 2.15 bits per heavy atom. The van der Waals surface area contributed by atoms with Crippen molar-refractivity contribution in [2.75, 3.05) is 12.0 Å². The number of ether oxygens (including phenoxy) is 1. The first-order valence-corrected chi connectivity index (χ1v) is 5.58. The highest BCUT2D eigenvalue weighted by Gasteiger charge is 2.32. The molecule has 2 rings (SSSR count). The van der Waals surface area contributed by atoms with E-state index in [2.05, 4.69) is 9.98 Å². The second-order valence-electron chi connectivity index (χ2n) is 4.47. The van der Waals surface area contributed by atoms with E-state index < -0.39 is 5.66 Å². The molecule has 0 radical (unpaired) electrons. The Morgan fingerprint density at radius 1 is 1.15 bits per heavy atom. The number of benzene rings is 1. The third-order valence-electron chi connectivity index (χ3n) is 2.72. The molecule has 0 aliphatic carbocycles. The maximum atomic E-state index is 5.93. The average Bonchev–Trinajstić information content (AvgIpc) is 2.27. The first-order chi connectivity index (χ1) is 8.44. The molecule has 1 aliphatic heterocycles. The van der Waals surface area contributed by atoms with Crippen molar-refractivity contribution in [3.8, 4) is 5.75 Å². The Hall–Kier alpha value is -1.99. The lowest BCUT2D eigenvalue weighted by Crippen LogP contribution is -2.54. The Balaban J connectivity index is 0.00000180. The highest BCUT2D eigenvalue weighted by atomic mass is 35.5. The van der Waals surface area contributed by atoms with Crippen molar-refractivity contribution in [1.82, 2.24) is 0 Å². The molecule has 7 nitrogen and oxygen atoms in total. The minimum absolute atomic E-state index is 0. The van der Waals surface area contributed by atoms with E-state index in [1.165, 1.54) is 0 Å². The summed E-state index contributed by atoms with van der Waals surface area (Å²) in [7, 11) is 1.63. The van der Waals surface area contributed by atoms with Crippen LogP contribution in [0.15, 0.2) is 34.3 Å². The monoisotopic (exact) mass is 301 g/mol. The number of halogens is 1. The maximum absolute atomic E-state index is 5.93. The van der Waals surface area contributed by atoms with Crippen LogP contribution in [0.3, 0.4) is 0 Å². The van der Waals surface area contributed by atoms with E-state index >= 15 is 0 Å². The fraction of sp³-hybridized carbons (Fsp3) is 0.333. The molecule has 1 aromatic rings. The van der Waals surface area contributed by atoms with Gasteiger partial charge in [-0.15, -0.1) is 12.4 Å². The minimum atomic E-state index is -0.565. The Bertz CT molecular complexity index is 513. The van der Waals surface area contributed by atoms with Gasteiger partial charge >= 0.3 is 0 Å². The van der Waals surface area contributed by atoms with Crippen LogP contribution in [-0.2, 0) is 0 Å². The number of hydrogen-bond donors (Lipinski definition) is 2. The Labute approximate surface area is 124 Å². The third kappa shape index (κ3) is 3.31. The second-order valence-corrected chi connectivity index (χ2v) is 4.47. The highest BCUT2D eigenvalue weighted by Crippen LogP contribution is 2.28. The molecule has 0 fully saturated rings. The molecule has 112 valence electrons. The Kier molecular flexibility index (Phi) is 5.80. The SMILES string of the molecule is COc1ccc(N2C(N)=NC(N)=NC2(C)C)cc1.Cl.O. The fourth-order valence-corrected chi connectivity index (χ4v) is 1.98. The van der Waals surface area contributed by atoms with Crippen LogP contribution in [-0.4, -0.2) is 30.2 Å². The molecule has 1 heterocycles. The molecule has 1 aliphatic rings. The first-order valence-electron chi connectivity index (χ1n) is 5.58. The topological polar surface area (TPSA) is 121 Å². The summed E-state index contributed by atoms with van der Waals surface area (Å²) < 4.78 is 5.12. The van der Waals surface area contributed by atoms with E-state index in [0.29, 0.717) is 5.96 Å². The zero-order valence-electron chi connectivity index (χ0n) is 11.6. The molecule has 0 bridgehead atoms. The van der Waals surface area contributed by atoms with Crippen LogP contribution in [0.2, 0.25) is 0 Å². The zero-order chi connectivity index (χ0) is 13.3. The largest absolute Gasteiger partial charge is 0.497 e. The number of anilines is 1. The van der Waals surface area contributed by atoms with Crippen LogP contribution in [0, 0.1) is 0 Å². The lowest BCUT2D eigenvalue weighted by molar-refractivity contribution is 0.414. The number of nitrogens with two attached hydrogens (primary N) is 2. The van der Waals surface area contributed by atoms with E-state index in [1.807, 2.05) is 43.0 Å². The number of methoxy groups -OCH3 is 1. The van der Waals surface area contributed by atoms with E-state index in [-0.39, 0.29) is 23.8 Å². The molecule has 8 heteroatoms. The molecule has 0 unspecified atom stereocenters. The van der Waals surface area contributed by atoms with Gasteiger partial charge in [0.05, 0.1) is 7.11 Å². The molecule has 0 saturated heterocycles. The van der Waals surface area contributed by atoms with Crippen LogP contribution < -0.4 is 21.1 Å². The van der Waals surface area contributed by atoms with Gasteiger partial charge in [-0.3, -0.25) is 4.90 Å². The summed E-state index contributed by atoms with van der Waals surface area (Å²) in [6, 6.07) is 7.53. The number of nitrogens with zero attached hydrogens (tertiary/aromatic N) is 3. The standard InChI is InChI=1S/C12H17N5O.ClH.H2O/c1-12(2)16-10(13)15-11(14)17(12)8-4-6-9(18-3)7-5-8;;/h4-7H,1-3H3,(H4,13,14,15,16);1H;1H2. The summed E-state index contributed by atoms with van der Waals surface area (Å²) in [4.78, 5) is 10.1. The van der Waals surface area contributed by atoms with Crippen LogP contribution in [0.25, 0.3) is 0 Å². The molecule has 1 aromatic carbocycles. The predicted octanol–water partition coefficient (Wildman–Crippen LogP) is 0.478. The van der Waals surface area contributed by atoms with Gasteiger partial charge in [0, 0.05) is 5.69 Å². The summed E-state index contributed by atoms with van der Waals surface area (Å²) in [5.41, 5.74) is 11.9. The number of rotatable bonds is 2. The van der Waals surface area contributed by atoms with Gasteiger partial charge in [0.2, 0.25) is 11.9 Å². The molecule has 6 N–H and O–H groups in total. The van der Waals surface area contributed by atoms with Crippen molar-refractivity contribution in [2.45, 2.75) is 19.5 Å². The summed E-state index contributed by atoms with van der Waals surface area (Å²) >= 11 is 0. The molecular weight excluding hydrogens is 282 g/mol. The quantitative estimate of drug-likeness (QED) is 0.825. The van der Waals surface area contributed by atoms with Crippen LogP contribution >= 0.6 is 12.4 Å². The second kappa shape index (κ2) is 6.44. The van der Waals surface area contributed by atoms with Gasteiger partial charge in [-0.25, -0.2) is 4.99 Å². The van der Waals surface area contributed by atoms with Crippen LogP contribution in [0.5, 0.6) is 5.75 Å². The number of hydrogen-bond acceptors (Lipinski definition) is 6. The van der Waals surface area contributed by atoms with Gasteiger partial charge < -0.3 is 21.7 Å². The minimum Gasteiger partial charge on any atom is -0.497 e. The lowest BCUT2D eigenvalue weighted by Gasteiger charge is -2.38. The van der Waals surface area contributed by atoms with Crippen molar-refractivity contribution in [1.29, 1.82) is 0 Å². The van der Waals surface area contributed by atoms with Crippen molar-refractivity contribution < 1.29 is 10.2 Å². The van der Waals surface area contributed by atoms with E-state index in [4.69, 9.17) is 16.2 Å². The summed E-state index contributed by atoms with van der Waals surface area (Å²) in [5.74, 6) is 1.31. The van der Waals surface area contributed by atoms with Crippen LogP contribution in [0.4, 0.5) is 5.69 Å². The molecule has 20 heavy (non-hydrogen) atoms. The molecule has 0 aromatic heterocycles. The van der Waals surface area contributed by atoms with Crippen molar-refractivity contribution in [2.24, 2.45) is 21.5 Å². The molecular formula is C12H20ClN5O2. The summed E-state index contributed by atoms with van der Waals surface area (Å²) in [5, 5.41) is 0. The molecule has 0 saturated carbocycles. The van der Waals surface area contributed by atoms with E-state index in [9.17, 15) is 0 Å². The summed E-state index contributed by atoms with van der Waals surface area (Å²) in [6.45, 7) is 3.84. The molecule has 0 amide bonds. The predicted molar refractivity (Wildman–Crippen MR) is 83.7 cm³/mol. The number of guanidine groups is 2. The zero-order valence-corrected chi connectivity index (χ0v) is 12.4. The van der Waals surface area contributed by atoms with Gasteiger partial charge in [-0.2, -0.15) is 4.99 Å². The van der Waals surface area contributed by atoms with Gasteiger partial charge in [0.25, 0.3) is 0 Å². The van der Waals surface area contributed by atoms with Crippen LogP contribution in [0.1, 0.15) is 13.8 Å². The normalized spacial score (nSPS) is 16.2. The van der Waals surface area contributed by atoms with Crippen molar-refractivity contribution in [3.63, 3.8) is 0 Å². The maximum Gasteiger partial charge on any atom is 0.220 e. The smallest absolute Gasteiger partial charge is 0.220 e. The fourth-order valence-electron chi connectivity index (χ4n) is 1.98. The molecule has 0 atom stereocenters. The highest BCUT2D eigenvalue weighted by molar-refractivity contribution is 6.05. The average molecular weight is 302 g/mol. The van der Waals surface area contributed by atoms with Crippen molar-refractivity contribution >= 4 is 30.0 Å². The van der Waals surface area contributed by atoms with Gasteiger partial charge in [0.15, 0.2) is 0 Å². The lowest BCUT2D eigenvalue weighted by atomic mass is 10.1. The first kappa shape index (κ1) is 18.0.